The highest BCUT2D eigenvalue weighted by Gasteiger charge is 2.40. The van der Waals surface area contributed by atoms with Gasteiger partial charge in [0, 0.05) is 6.54 Å². The van der Waals surface area contributed by atoms with Gasteiger partial charge in [0.05, 0.1) is 31.4 Å². The van der Waals surface area contributed by atoms with Gasteiger partial charge in [-0.05, 0) is 81.0 Å². The zero-order chi connectivity index (χ0) is 68.9. The van der Waals surface area contributed by atoms with E-state index in [1.54, 1.807) is 46.9 Å². The topological polar surface area (TPSA) is 543 Å². The number of aliphatic imine (C=N–C) groups is 1. The molecule has 0 bridgehead atoms. The molecule has 0 spiro atoms. The number of hydrogen-bond acceptors (Lipinski definition) is 18. The van der Waals surface area contributed by atoms with Crippen LogP contribution in [0.15, 0.2) is 4.99 Å². The number of hydrogen-bond donors (Lipinski definition) is 19. The van der Waals surface area contributed by atoms with E-state index in [9.17, 15) is 83.1 Å². The molecular weight excluding hydrogens is 1180 g/mol. The number of nitrogens with two attached hydrogens (primary N) is 4. The molecule has 90 heavy (non-hydrogen) atoms. The van der Waals surface area contributed by atoms with E-state index in [1.165, 1.54) is 0 Å². The average molecular weight is 1280 g/mol. The molecule has 0 aliphatic heterocycles. The zero-order valence-electron chi connectivity index (χ0n) is 54.0. The molecule has 1 aliphatic carbocycles. The Morgan fingerprint density at radius 2 is 0.978 bits per heavy atom. The fourth-order valence-electron chi connectivity index (χ4n) is 9.82. The van der Waals surface area contributed by atoms with Crippen LogP contribution in [0.25, 0.3) is 0 Å². The molecule has 11 amide bonds. The third-order valence-electron chi connectivity index (χ3n) is 15.1. The number of nitrogens with one attached hydrogen (secondary N) is 10. The molecule has 0 aromatic heterocycles. The first kappa shape index (κ1) is 80.7. The molecule has 1 aliphatic rings. The molecule has 0 heterocycles. The van der Waals surface area contributed by atoms with Crippen LogP contribution >= 0.6 is 0 Å². The van der Waals surface area contributed by atoms with Crippen molar-refractivity contribution in [3.8, 4) is 0 Å². The number of nitrogens with zero attached hydrogens (tertiary/aromatic N) is 1. The minimum absolute atomic E-state index is 0.00625. The number of amides is 11. The van der Waals surface area contributed by atoms with E-state index in [2.05, 4.69) is 47.5 Å². The zero-order valence-corrected chi connectivity index (χ0v) is 54.0. The molecule has 2 unspecified atom stereocenters. The summed E-state index contributed by atoms with van der Waals surface area (Å²) in [4.78, 5) is 166. The van der Waals surface area contributed by atoms with Gasteiger partial charge in [-0.1, -0.05) is 108 Å². The normalized spacial score (nSPS) is 17.3. The minimum atomic E-state index is -2.43. The molecule has 32 nitrogen and oxygen atoms in total. The summed E-state index contributed by atoms with van der Waals surface area (Å²) in [5.74, 6) is -14.9. The van der Waals surface area contributed by atoms with E-state index in [4.69, 9.17) is 22.9 Å². The van der Waals surface area contributed by atoms with Gasteiger partial charge in [-0.3, -0.25) is 57.7 Å². The fourth-order valence-corrected chi connectivity index (χ4v) is 9.82. The van der Waals surface area contributed by atoms with Crippen LogP contribution in [-0.2, 0) is 57.5 Å². The molecule has 0 aromatic rings. The monoisotopic (exact) mass is 1280 g/mol. The van der Waals surface area contributed by atoms with Crippen molar-refractivity contribution in [3.05, 3.63) is 0 Å². The number of primary amides is 1. The van der Waals surface area contributed by atoms with Gasteiger partial charge in [0.15, 0.2) is 12.1 Å². The quantitative estimate of drug-likeness (QED) is 0.0155. The third kappa shape index (κ3) is 29.1. The summed E-state index contributed by atoms with van der Waals surface area (Å²) in [6, 6.07) is -15.3. The second kappa shape index (κ2) is 40.5. The highest BCUT2D eigenvalue weighted by Crippen LogP contribution is 2.28. The van der Waals surface area contributed by atoms with E-state index in [-0.39, 0.29) is 74.7 Å². The number of carboxylic acid groups (broad SMARTS) is 1. The second-order valence-corrected chi connectivity index (χ2v) is 24.9. The van der Waals surface area contributed by atoms with Crippen LogP contribution in [0.1, 0.15) is 153 Å². The van der Waals surface area contributed by atoms with E-state index >= 15 is 0 Å². The molecule has 0 aromatic carbocycles. The maximum Gasteiger partial charge on any atom is 0.328 e. The lowest BCUT2D eigenvalue weighted by Crippen LogP contribution is -2.63. The molecule has 514 valence electrons. The van der Waals surface area contributed by atoms with Gasteiger partial charge in [0.25, 0.3) is 0 Å². The maximum absolute atomic E-state index is 14.6. The number of aliphatic carboxylic acids is 1. The van der Waals surface area contributed by atoms with Gasteiger partial charge < -0.3 is 102 Å². The van der Waals surface area contributed by atoms with Crippen molar-refractivity contribution in [2.75, 3.05) is 19.7 Å². The average Bonchev–Trinajstić information content (AvgIpc) is 1.14. The Hall–Kier alpha value is -7.29. The van der Waals surface area contributed by atoms with Crippen LogP contribution in [0.5, 0.6) is 0 Å². The van der Waals surface area contributed by atoms with E-state index in [1.807, 2.05) is 33.0 Å². The molecular formula is C58H105N15O17. The first-order valence-corrected chi connectivity index (χ1v) is 30.9. The smallest absolute Gasteiger partial charge is 0.328 e. The summed E-state index contributed by atoms with van der Waals surface area (Å²) in [5, 5.41) is 75.4. The standard InChI is InChI=1S/C58H105N15O17/c1-12-31(10)41(54(86)72-42(32(11)75)53(85)64-25-40(76)70-44(46(78)47(60)79)56(88)69-39(26-74)57(89)90)71-49(81)35(19-16-20-63-58(61)62)65-50(82)37(23-29(6)7)68-55(87)43(45(77)30(8)9)73-52(84)38(24-33-17-14-13-15-18-33)67-51(83)36(22-28(4)5)66-48(80)34(59)21-27(2)3/h27-39,41-46,74-75,77-78H,12-26,59H2,1-11H3,(H2,60,79)(H,64,85)(H,65,82)(H,66,80)(H,67,83)(H,68,87)(H,69,88)(H,70,76)(H,71,81)(H,72,86)(H,73,84)(H,89,90)(H4,61,62,63)/t31-,32-,34+,35+,36-,37-,38?,39-,41?,42-,43-,44-,45+,46-/m0/s1. The molecule has 0 saturated heterocycles. The number of carboxylic acids is 1. The van der Waals surface area contributed by atoms with Gasteiger partial charge in [-0.2, -0.15) is 0 Å². The lowest BCUT2D eigenvalue weighted by molar-refractivity contribution is -0.145. The van der Waals surface area contributed by atoms with Gasteiger partial charge in [0.1, 0.15) is 54.4 Å². The van der Waals surface area contributed by atoms with Crippen LogP contribution in [-0.4, -0.2) is 201 Å². The van der Waals surface area contributed by atoms with Crippen molar-refractivity contribution in [2.45, 2.75) is 232 Å². The molecule has 14 atom stereocenters. The number of aliphatic hydroxyl groups excluding tert-OH is 4. The van der Waals surface area contributed by atoms with Gasteiger partial charge >= 0.3 is 5.97 Å². The van der Waals surface area contributed by atoms with Crippen LogP contribution in [0, 0.1) is 35.5 Å². The van der Waals surface area contributed by atoms with E-state index < -0.39 is 175 Å². The second-order valence-electron chi connectivity index (χ2n) is 24.9. The Kier molecular flexibility index (Phi) is 36.3. The fraction of sp³-hybridized carbons (Fsp3) is 0.776. The van der Waals surface area contributed by atoms with Crippen LogP contribution in [0.2, 0.25) is 0 Å². The lowest BCUT2D eigenvalue weighted by atomic mass is 9.84. The molecule has 1 saturated carbocycles. The summed E-state index contributed by atoms with van der Waals surface area (Å²) in [7, 11) is 0. The predicted octanol–water partition coefficient (Wildman–Crippen LogP) is -4.68. The minimum Gasteiger partial charge on any atom is -0.480 e. The van der Waals surface area contributed by atoms with Crippen LogP contribution < -0.4 is 76.1 Å². The highest BCUT2D eigenvalue weighted by molar-refractivity contribution is 5.99. The van der Waals surface area contributed by atoms with Crippen molar-refractivity contribution in [3.63, 3.8) is 0 Å². The van der Waals surface area contributed by atoms with Gasteiger partial charge in [-0.25, -0.2) is 4.79 Å². The predicted molar refractivity (Wildman–Crippen MR) is 330 cm³/mol. The largest absolute Gasteiger partial charge is 0.480 e. The Morgan fingerprint density at radius 1 is 0.522 bits per heavy atom. The number of carbonyl (C=O) groups excluding carboxylic acids is 11. The van der Waals surface area contributed by atoms with Crippen molar-refractivity contribution >= 4 is 76.9 Å². The van der Waals surface area contributed by atoms with Crippen molar-refractivity contribution < 1.29 is 83.1 Å². The maximum atomic E-state index is 14.6. The molecule has 1 fully saturated rings. The van der Waals surface area contributed by atoms with Crippen molar-refractivity contribution in [2.24, 2.45) is 63.4 Å². The molecule has 1 rings (SSSR count). The number of guanidine groups is 1. The first-order chi connectivity index (χ1) is 41.9. The third-order valence-corrected chi connectivity index (χ3v) is 15.1. The van der Waals surface area contributed by atoms with Crippen LogP contribution in [0.3, 0.4) is 0 Å². The highest BCUT2D eigenvalue weighted by atomic mass is 16.4. The Labute approximate surface area is 526 Å². The number of carbonyl (C=O) groups is 12. The van der Waals surface area contributed by atoms with Crippen LogP contribution in [0.4, 0.5) is 0 Å². The summed E-state index contributed by atoms with van der Waals surface area (Å²) in [5.41, 5.74) is 22.4. The van der Waals surface area contributed by atoms with Gasteiger partial charge in [-0.15, -0.1) is 0 Å². The summed E-state index contributed by atoms with van der Waals surface area (Å²) >= 11 is 0. The van der Waals surface area contributed by atoms with Gasteiger partial charge in [0.2, 0.25) is 65.0 Å². The first-order valence-electron chi connectivity index (χ1n) is 30.9. The number of rotatable bonds is 41. The van der Waals surface area contributed by atoms with E-state index in [0.29, 0.717) is 6.42 Å². The summed E-state index contributed by atoms with van der Waals surface area (Å²) < 4.78 is 0. The molecule has 32 heteroatoms. The SMILES string of the molecule is CC[C@H](C)C(NC(=O)[C@@H](CCCN=C(N)N)NC(=O)[C@H](CC(C)C)NC(=O)[C@@H](NC(=O)C(CC1CCCCC1)NC(=O)[C@H](CC(C)C)NC(=O)[C@H](N)CC(C)C)[C@H](O)C(C)C)C(=O)N[C@H](C(=O)NCC(=O)N[C@H](C(=O)N[C@@H](CO)C(=O)O)[C@H](O)C(N)=O)[C@H](C)O. The number of aliphatic hydroxyl groups is 4. The Bertz CT molecular complexity index is 2420. The lowest BCUT2D eigenvalue weighted by Gasteiger charge is -2.32. The summed E-state index contributed by atoms with van der Waals surface area (Å²) in [6.07, 6.45) is -0.516. The Morgan fingerprint density at radius 3 is 1.46 bits per heavy atom. The molecule has 0 radical (unpaired) electrons. The Balaban J connectivity index is 3.63. The van der Waals surface area contributed by atoms with Crippen molar-refractivity contribution in [1.29, 1.82) is 0 Å². The van der Waals surface area contributed by atoms with Crippen molar-refractivity contribution in [1.82, 2.24) is 53.2 Å². The van der Waals surface area contributed by atoms with E-state index in [0.717, 1.165) is 39.0 Å². The molecule has 23 N–H and O–H groups in total. The summed E-state index contributed by atoms with van der Waals surface area (Å²) in [6.45, 7) is 16.4.